The van der Waals surface area contributed by atoms with Crippen molar-refractivity contribution >= 4 is 28.8 Å². The van der Waals surface area contributed by atoms with E-state index in [0.29, 0.717) is 11.3 Å². The second-order valence-electron chi connectivity index (χ2n) is 5.54. The van der Waals surface area contributed by atoms with Crippen molar-refractivity contribution in [3.8, 4) is 0 Å². The molecule has 0 aliphatic carbocycles. The first kappa shape index (κ1) is 17.3. The molecule has 2 rings (SSSR count). The molecule has 6 heteroatoms. The topological polar surface area (TPSA) is 74.1 Å². The number of hydrogen-bond donors (Lipinski definition) is 1. The summed E-state index contributed by atoms with van der Waals surface area (Å²) in [6.45, 7) is 1.46. The molecule has 0 saturated heterocycles. The quantitative estimate of drug-likeness (QED) is 0.827. The van der Waals surface area contributed by atoms with Gasteiger partial charge in [-0.2, -0.15) is 10.2 Å². The van der Waals surface area contributed by atoms with Crippen LogP contribution in [-0.4, -0.2) is 32.3 Å². The number of nitrogens with one attached hydrogen (secondary N) is 1. The lowest BCUT2D eigenvalue weighted by atomic mass is 10.2. The highest BCUT2D eigenvalue weighted by molar-refractivity contribution is 5.96. The number of ketones is 1. The van der Waals surface area contributed by atoms with E-state index >= 15 is 0 Å². The summed E-state index contributed by atoms with van der Waals surface area (Å²) in [5.74, 6) is -0.373. The lowest BCUT2D eigenvalue weighted by Gasteiger charge is -2.11. The highest BCUT2D eigenvalue weighted by atomic mass is 16.2. The third-order valence-corrected chi connectivity index (χ3v) is 3.27. The number of anilines is 1. The number of Topliss-reactive ketones (excluding diaryl/α,β-unsaturated/α-hetero) is 1. The second-order valence-corrected chi connectivity index (χ2v) is 5.54. The van der Waals surface area contributed by atoms with Gasteiger partial charge in [0.25, 0.3) is 5.91 Å². The van der Waals surface area contributed by atoms with Crippen LogP contribution < -0.4 is 10.2 Å². The van der Waals surface area contributed by atoms with Gasteiger partial charge in [0.15, 0.2) is 0 Å². The van der Waals surface area contributed by atoms with Crippen LogP contribution in [-0.2, 0) is 4.79 Å². The Hall–Kier alpha value is -3.02. The van der Waals surface area contributed by atoms with Crippen LogP contribution in [0.4, 0.5) is 17.1 Å². The Kier molecular flexibility index (Phi) is 5.78. The first-order valence-corrected chi connectivity index (χ1v) is 7.52. The molecular weight excluding hydrogens is 304 g/mol. The van der Waals surface area contributed by atoms with Crippen LogP contribution in [0.15, 0.2) is 58.8 Å². The summed E-state index contributed by atoms with van der Waals surface area (Å²) in [5, 5.41) is 10.9. The van der Waals surface area contributed by atoms with Gasteiger partial charge < -0.3 is 10.2 Å². The number of hydrogen-bond acceptors (Lipinski definition) is 5. The summed E-state index contributed by atoms with van der Waals surface area (Å²) < 4.78 is 0. The molecule has 6 nitrogen and oxygen atoms in total. The minimum Gasteiger partial charge on any atom is -0.378 e. The first-order valence-electron chi connectivity index (χ1n) is 7.52. The van der Waals surface area contributed by atoms with Crippen molar-refractivity contribution in [1.29, 1.82) is 0 Å². The maximum atomic E-state index is 11.8. The summed E-state index contributed by atoms with van der Waals surface area (Å²) >= 11 is 0. The standard InChI is InChI=1S/C18H20N4O2/c1-13(23)12-19-18(24)14-4-6-15(7-5-14)20-21-16-8-10-17(11-9-16)22(2)3/h4-11H,12H2,1-3H3,(H,19,24). The Labute approximate surface area is 141 Å². The molecule has 24 heavy (non-hydrogen) atoms. The summed E-state index contributed by atoms with van der Waals surface area (Å²) in [7, 11) is 3.95. The highest BCUT2D eigenvalue weighted by Crippen LogP contribution is 2.21. The fourth-order valence-corrected chi connectivity index (χ4v) is 1.92. The van der Waals surface area contributed by atoms with E-state index in [1.807, 2.05) is 43.3 Å². The predicted molar refractivity (Wildman–Crippen MR) is 94.4 cm³/mol. The number of carbonyl (C=O) groups is 2. The number of nitrogens with zero attached hydrogens (tertiary/aromatic N) is 3. The van der Waals surface area contributed by atoms with Crippen LogP contribution in [0.3, 0.4) is 0 Å². The molecule has 0 bridgehead atoms. The third-order valence-electron chi connectivity index (χ3n) is 3.27. The molecule has 0 atom stereocenters. The summed E-state index contributed by atoms with van der Waals surface area (Å²) in [6, 6.07) is 14.4. The molecule has 1 N–H and O–H groups in total. The van der Waals surface area contributed by atoms with E-state index in [4.69, 9.17) is 0 Å². The van der Waals surface area contributed by atoms with Gasteiger partial charge in [-0.25, -0.2) is 0 Å². The number of rotatable bonds is 6. The fourth-order valence-electron chi connectivity index (χ4n) is 1.92. The van der Waals surface area contributed by atoms with Gasteiger partial charge in [0.1, 0.15) is 5.78 Å². The molecule has 2 aromatic rings. The van der Waals surface area contributed by atoms with Crippen LogP contribution in [0.2, 0.25) is 0 Å². The van der Waals surface area contributed by atoms with Crippen LogP contribution >= 0.6 is 0 Å². The predicted octanol–water partition coefficient (Wildman–Crippen LogP) is 3.49. The lowest BCUT2D eigenvalue weighted by Crippen LogP contribution is -2.28. The Morgan fingerprint density at radius 3 is 1.88 bits per heavy atom. The number of azo groups is 1. The monoisotopic (exact) mass is 324 g/mol. The van der Waals surface area contributed by atoms with E-state index in [1.165, 1.54) is 6.92 Å². The average Bonchev–Trinajstić information content (AvgIpc) is 2.58. The average molecular weight is 324 g/mol. The van der Waals surface area contributed by atoms with E-state index in [0.717, 1.165) is 11.4 Å². The summed E-state index contributed by atoms with van der Waals surface area (Å²) in [6.07, 6.45) is 0. The molecule has 0 heterocycles. The highest BCUT2D eigenvalue weighted by Gasteiger charge is 2.05. The van der Waals surface area contributed by atoms with Gasteiger partial charge in [-0.1, -0.05) is 0 Å². The van der Waals surface area contributed by atoms with Crippen LogP contribution in [0.1, 0.15) is 17.3 Å². The van der Waals surface area contributed by atoms with Gasteiger partial charge in [0, 0.05) is 25.3 Å². The molecule has 0 unspecified atom stereocenters. The Bertz CT molecular complexity index is 735. The molecule has 124 valence electrons. The van der Waals surface area contributed by atoms with Crippen molar-refractivity contribution in [3.63, 3.8) is 0 Å². The largest absolute Gasteiger partial charge is 0.378 e. The van der Waals surface area contributed by atoms with Gasteiger partial charge in [-0.3, -0.25) is 9.59 Å². The maximum absolute atomic E-state index is 11.8. The van der Waals surface area contributed by atoms with E-state index in [-0.39, 0.29) is 18.2 Å². The molecular formula is C18H20N4O2. The zero-order chi connectivity index (χ0) is 17.5. The van der Waals surface area contributed by atoms with Crippen molar-refractivity contribution in [3.05, 3.63) is 54.1 Å². The Balaban J connectivity index is 2.00. The summed E-state index contributed by atoms with van der Waals surface area (Å²) in [4.78, 5) is 24.7. The number of amides is 1. The summed E-state index contributed by atoms with van der Waals surface area (Å²) in [5.41, 5.74) is 2.97. The van der Waals surface area contributed by atoms with Crippen LogP contribution in [0.25, 0.3) is 0 Å². The molecule has 0 saturated carbocycles. The molecule has 0 spiro atoms. The van der Waals surface area contributed by atoms with E-state index in [9.17, 15) is 9.59 Å². The zero-order valence-corrected chi connectivity index (χ0v) is 14.0. The number of carbonyl (C=O) groups excluding carboxylic acids is 2. The van der Waals surface area contributed by atoms with Gasteiger partial charge in [0.2, 0.25) is 0 Å². The van der Waals surface area contributed by atoms with Crippen molar-refractivity contribution in [2.24, 2.45) is 10.2 Å². The van der Waals surface area contributed by atoms with E-state index in [1.54, 1.807) is 24.3 Å². The molecule has 2 aromatic carbocycles. The molecule has 0 radical (unpaired) electrons. The molecule has 0 aliphatic heterocycles. The minimum absolute atomic E-state index is 0.0310. The zero-order valence-electron chi connectivity index (χ0n) is 14.0. The van der Waals surface area contributed by atoms with Gasteiger partial charge in [-0.05, 0) is 55.5 Å². The Morgan fingerprint density at radius 2 is 1.42 bits per heavy atom. The first-order chi connectivity index (χ1) is 11.5. The molecule has 0 aromatic heterocycles. The minimum atomic E-state index is -0.284. The van der Waals surface area contributed by atoms with Crippen LogP contribution in [0.5, 0.6) is 0 Å². The van der Waals surface area contributed by atoms with Crippen molar-refractivity contribution in [2.45, 2.75) is 6.92 Å². The second kappa shape index (κ2) is 8.01. The van der Waals surface area contributed by atoms with Gasteiger partial charge >= 0.3 is 0 Å². The van der Waals surface area contributed by atoms with E-state index in [2.05, 4.69) is 15.5 Å². The lowest BCUT2D eigenvalue weighted by molar-refractivity contribution is -0.116. The number of benzene rings is 2. The SMILES string of the molecule is CC(=O)CNC(=O)c1ccc(N=Nc2ccc(N(C)C)cc2)cc1. The van der Waals surface area contributed by atoms with Crippen molar-refractivity contribution in [1.82, 2.24) is 5.32 Å². The Morgan fingerprint density at radius 1 is 0.917 bits per heavy atom. The van der Waals surface area contributed by atoms with E-state index < -0.39 is 0 Å². The fraction of sp³-hybridized carbons (Fsp3) is 0.222. The molecule has 0 fully saturated rings. The van der Waals surface area contributed by atoms with Gasteiger partial charge in [0.05, 0.1) is 17.9 Å². The maximum Gasteiger partial charge on any atom is 0.251 e. The smallest absolute Gasteiger partial charge is 0.251 e. The molecule has 0 aliphatic rings. The molecule has 1 amide bonds. The van der Waals surface area contributed by atoms with Crippen LogP contribution in [0, 0.1) is 0 Å². The third kappa shape index (κ3) is 5.01. The van der Waals surface area contributed by atoms with Crippen molar-refractivity contribution in [2.75, 3.05) is 25.5 Å². The van der Waals surface area contributed by atoms with Crippen molar-refractivity contribution < 1.29 is 9.59 Å². The normalized spacial score (nSPS) is 10.6. The van der Waals surface area contributed by atoms with Gasteiger partial charge in [-0.15, -0.1) is 0 Å².